The predicted molar refractivity (Wildman–Crippen MR) is 113 cm³/mol. The lowest BCUT2D eigenvalue weighted by molar-refractivity contribution is -0.235. The van der Waals surface area contributed by atoms with Crippen molar-refractivity contribution in [2.45, 2.75) is 110 Å². The fraction of sp³-hybridized carbons (Fsp3) is 1.00. The Kier molecular flexibility index (Phi) is 7.05. The quantitative estimate of drug-likeness (QED) is 0.531. The molecule has 4 aliphatic carbocycles. The molecule has 162 valence electrons. The van der Waals surface area contributed by atoms with E-state index < -0.39 is 6.29 Å². The van der Waals surface area contributed by atoms with Crippen molar-refractivity contribution in [3.05, 3.63) is 0 Å². The van der Waals surface area contributed by atoms with E-state index >= 15 is 0 Å². The Morgan fingerprint density at radius 3 is 1.89 bits per heavy atom. The topological polar surface area (TPSA) is 38.7 Å². The van der Waals surface area contributed by atoms with Gasteiger partial charge < -0.3 is 14.6 Å². The molecule has 4 saturated carbocycles. The van der Waals surface area contributed by atoms with Gasteiger partial charge >= 0.3 is 0 Å². The fourth-order valence-corrected chi connectivity index (χ4v) is 7.42. The van der Waals surface area contributed by atoms with Gasteiger partial charge in [0.05, 0.1) is 12.2 Å². The highest BCUT2D eigenvalue weighted by Gasteiger charge is 2.52. The predicted octanol–water partition coefficient (Wildman–Crippen LogP) is 5.79. The average Bonchev–Trinajstić information content (AvgIpc) is 3.54. The van der Waals surface area contributed by atoms with Gasteiger partial charge in [0, 0.05) is 12.5 Å². The van der Waals surface area contributed by atoms with Crippen LogP contribution >= 0.6 is 0 Å². The van der Waals surface area contributed by atoms with Crippen LogP contribution in [0.5, 0.6) is 0 Å². The summed E-state index contributed by atoms with van der Waals surface area (Å²) in [5, 5.41) is 11.4. The summed E-state index contributed by atoms with van der Waals surface area (Å²) in [5.41, 5.74) is 0. The molecule has 28 heavy (non-hydrogen) atoms. The van der Waals surface area contributed by atoms with Crippen LogP contribution in [0.1, 0.15) is 91.4 Å². The van der Waals surface area contributed by atoms with Gasteiger partial charge in [0.15, 0.2) is 6.29 Å². The monoisotopic (exact) mass is 392 g/mol. The van der Waals surface area contributed by atoms with E-state index in [-0.39, 0.29) is 12.2 Å². The molecule has 4 rings (SSSR count). The number of hydrogen-bond donors (Lipinski definition) is 1. The Bertz CT molecular complexity index is 466. The van der Waals surface area contributed by atoms with Gasteiger partial charge in [-0.1, -0.05) is 39.5 Å². The van der Waals surface area contributed by atoms with Crippen LogP contribution in [0.4, 0.5) is 0 Å². The molecule has 4 fully saturated rings. The minimum absolute atomic E-state index is 0.00233. The molecule has 0 spiro atoms. The van der Waals surface area contributed by atoms with Gasteiger partial charge in [0.1, 0.15) is 0 Å². The summed E-state index contributed by atoms with van der Waals surface area (Å²) in [6.07, 6.45) is 13.9. The molecule has 0 radical (unpaired) electrons. The second-order valence-electron chi connectivity index (χ2n) is 10.6. The first-order chi connectivity index (χ1) is 13.6. The maximum absolute atomic E-state index is 11.4. The lowest BCUT2D eigenvalue weighted by atomic mass is 9.51. The van der Waals surface area contributed by atoms with E-state index in [1.807, 2.05) is 0 Å². The molecule has 3 nitrogen and oxygen atoms in total. The molecule has 0 heterocycles. The Morgan fingerprint density at radius 1 is 0.857 bits per heavy atom. The Labute approximate surface area is 172 Å². The number of hydrogen-bond acceptors (Lipinski definition) is 3. The summed E-state index contributed by atoms with van der Waals surface area (Å²) in [6, 6.07) is 0. The van der Waals surface area contributed by atoms with Gasteiger partial charge in [0.2, 0.25) is 0 Å². The second-order valence-corrected chi connectivity index (χ2v) is 10.6. The third-order valence-electron chi connectivity index (χ3n) is 8.84. The first-order valence-electron chi connectivity index (χ1n) is 12.6. The van der Waals surface area contributed by atoms with Crippen LogP contribution in [0, 0.1) is 41.4 Å². The number of aliphatic hydroxyl groups is 1. The van der Waals surface area contributed by atoms with Crippen molar-refractivity contribution in [1.82, 2.24) is 0 Å². The smallest absolute Gasteiger partial charge is 0.158 e. The van der Waals surface area contributed by atoms with Crippen LogP contribution in [0.2, 0.25) is 0 Å². The van der Waals surface area contributed by atoms with E-state index in [1.54, 1.807) is 0 Å². The molecule has 0 aromatic carbocycles. The average molecular weight is 393 g/mol. The van der Waals surface area contributed by atoms with E-state index in [1.165, 1.54) is 64.2 Å². The standard InChI is InChI=1S/C25H44O3/c1-4-15-27-24(18-13-14-18)17(3)28-25(26)23-21-11-7-5-9-19(21)16(2)20-10-6-8-12-22(20)23/h16-26H,4-15H2,1-3H3. The highest BCUT2D eigenvalue weighted by molar-refractivity contribution is 4.99. The molecule has 7 atom stereocenters. The van der Waals surface area contributed by atoms with Gasteiger partial charge in [-0.3, -0.25) is 0 Å². The number of fused-ring (bicyclic) bond motifs is 2. The van der Waals surface area contributed by atoms with Crippen LogP contribution in [0.3, 0.4) is 0 Å². The van der Waals surface area contributed by atoms with Gasteiger partial charge in [0.25, 0.3) is 0 Å². The van der Waals surface area contributed by atoms with Gasteiger partial charge in [-0.05, 0) is 87.4 Å². The van der Waals surface area contributed by atoms with Crippen LogP contribution in [0.25, 0.3) is 0 Å². The summed E-state index contributed by atoms with van der Waals surface area (Å²) in [4.78, 5) is 0. The SMILES string of the molecule is CCCOC(C1CC1)C(C)OC(O)C1C2CCCCC2C(C)C2CCCCC21. The van der Waals surface area contributed by atoms with Crippen molar-refractivity contribution in [3.8, 4) is 0 Å². The molecule has 4 aliphatic rings. The highest BCUT2D eigenvalue weighted by atomic mass is 16.6. The molecule has 0 aliphatic heterocycles. The summed E-state index contributed by atoms with van der Waals surface area (Å²) >= 11 is 0. The summed E-state index contributed by atoms with van der Waals surface area (Å²) in [7, 11) is 0. The Balaban J connectivity index is 1.47. The zero-order chi connectivity index (χ0) is 19.7. The summed E-state index contributed by atoms with van der Waals surface area (Å²) < 4.78 is 12.6. The van der Waals surface area contributed by atoms with Gasteiger partial charge in [-0.25, -0.2) is 0 Å². The normalized spacial score (nSPS) is 41.6. The van der Waals surface area contributed by atoms with Gasteiger partial charge in [-0.2, -0.15) is 0 Å². The van der Waals surface area contributed by atoms with E-state index in [4.69, 9.17) is 9.47 Å². The molecule has 7 unspecified atom stereocenters. The maximum Gasteiger partial charge on any atom is 0.158 e. The Hall–Kier alpha value is -0.120. The molecular formula is C25H44O3. The van der Waals surface area contributed by atoms with Crippen molar-refractivity contribution in [2.24, 2.45) is 41.4 Å². The summed E-state index contributed by atoms with van der Waals surface area (Å²) in [5.74, 6) is 4.78. The van der Waals surface area contributed by atoms with E-state index in [0.29, 0.717) is 23.7 Å². The largest absolute Gasteiger partial charge is 0.375 e. The maximum atomic E-state index is 11.4. The summed E-state index contributed by atoms with van der Waals surface area (Å²) in [6.45, 7) is 7.64. The van der Waals surface area contributed by atoms with Crippen LogP contribution in [0.15, 0.2) is 0 Å². The molecular weight excluding hydrogens is 348 g/mol. The van der Waals surface area contributed by atoms with Gasteiger partial charge in [-0.15, -0.1) is 0 Å². The van der Waals surface area contributed by atoms with Crippen molar-refractivity contribution in [1.29, 1.82) is 0 Å². The molecule has 0 aromatic rings. The first-order valence-corrected chi connectivity index (χ1v) is 12.6. The first kappa shape index (κ1) is 21.1. The van der Waals surface area contributed by atoms with E-state index in [9.17, 15) is 5.11 Å². The van der Waals surface area contributed by atoms with Crippen LogP contribution < -0.4 is 0 Å². The highest BCUT2D eigenvalue weighted by Crippen LogP contribution is 2.57. The van der Waals surface area contributed by atoms with E-state index in [2.05, 4.69) is 20.8 Å². The molecule has 0 aromatic heterocycles. The van der Waals surface area contributed by atoms with Crippen molar-refractivity contribution in [3.63, 3.8) is 0 Å². The molecule has 0 bridgehead atoms. The van der Waals surface area contributed by atoms with Crippen molar-refractivity contribution >= 4 is 0 Å². The van der Waals surface area contributed by atoms with Crippen LogP contribution in [-0.2, 0) is 9.47 Å². The third kappa shape index (κ3) is 4.32. The Morgan fingerprint density at radius 2 is 1.39 bits per heavy atom. The zero-order valence-corrected chi connectivity index (χ0v) is 18.5. The van der Waals surface area contributed by atoms with Crippen molar-refractivity contribution < 1.29 is 14.6 Å². The van der Waals surface area contributed by atoms with Crippen molar-refractivity contribution in [2.75, 3.05) is 6.61 Å². The van der Waals surface area contributed by atoms with Crippen LogP contribution in [-0.4, -0.2) is 30.2 Å². The second kappa shape index (κ2) is 9.35. The lowest BCUT2D eigenvalue weighted by Crippen LogP contribution is -2.53. The number of rotatable bonds is 8. The fourth-order valence-electron chi connectivity index (χ4n) is 7.42. The minimum atomic E-state index is -0.606. The van der Waals surface area contributed by atoms with E-state index in [0.717, 1.165) is 30.8 Å². The number of aliphatic hydroxyl groups excluding tert-OH is 1. The molecule has 0 amide bonds. The zero-order valence-electron chi connectivity index (χ0n) is 18.5. The lowest BCUT2D eigenvalue weighted by Gasteiger charge is -2.56. The minimum Gasteiger partial charge on any atom is -0.375 e. The molecule has 0 saturated heterocycles. The third-order valence-corrected chi connectivity index (χ3v) is 8.84. The number of ether oxygens (including phenoxy) is 2. The molecule has 3 heteroatoms. The molecule has 1 N–H and O–H groups in total.